The molecule has 8 heteroatoms. The summed E-state index contributed by atoms with van der Waals surface area (Å²) in [7, 11) is 1.77. The van der Waals surface area contributed by atoms with Gasteiger partial charge in [0, 0.05) is 56.0 Å². The van der Waals surface area contributed by atoms with E-state index in [0.717, 1.165) is 54.5 Å². The number of nitrogens with two attached hydrogens (primary N) is 1. The molecule has 0 aliphatic carbocycles. The van der Waals surface area contributed by atoms with Crippen LogP contribution < -0.4 is 15.6 Å². The molecule has 3 aromatic rings. The first kappa shape index (κ1) is 26.7. The molecule has 1 aliphatic rings. The van der Waals surface area contributed by atoms with E-state index in [2.05, 4.69) is 61.8 Å². The van der Waals surface area contributed by atoms with E-state index in [4.69, 9.17) is 14.9 Å². The minimum Gasteiger partial charge on any atom is -0.380 e. The molecule has 1 aromatic heterocycles. The highest BCUT2D eigenvalue weighted by molar-refractivity contribution is 7.97. The maximum Gasteiger partial charge on any atom is 0.261 e. The van der Waals surface area contributed by atoms with E-state index in [9.17, 15) is 4.79 Å². The highest BCUT2D eigenvalue weighted by Crippen LogP contribution is 2.28. The molecule has 0 amide bonds. The zero-order chi connectivity index (χ0) is 26.0. The van der Waals surface area contributed by atoms with Gasteiger partial charge in [0.15, 0.2) is 0 Å². The Kier molecular flexibility index (Phi) is 8.09. The van der Waals surface area contributed by atoms with Crippen molar-refractivity contribution in [2.45, 2.75) is 64.1 Å². The fraction of sp³-hybridized carbons (Fsp3) is 0.500. The van der Waals surface area contributed by atoms with Gasteiger partial charge in [-0.25, -0.2) is 4.98 Å². The van der Waals surface area contributed by atoms with E-state index in [-0.39, 0.29) is 17.2 Å². The molecule has 36 heavy (non-hydrogen) atoms. The van der Waals surface area contributed by atoms with Crippen LogP contribution in [0.1, 0.15) is 37.7 Å². The number of fused-ring (bicyclic) bond motifs is 1. The average molecular weight is 510 g/mol. The van der Waals surface area contributed by atoms with Crippen LogP contribution in [0.3, 0.4) is 0 Å². The van der Waals surface area contributed by atoms with E-state index in [1.54, 1.807) is 11.7 Å². The molecule has 0 radical (unpaired) electrons. The lowest BCUT2D eigenvalue weighted by atomic mass is 9.97. The van der Waals surface area contributed by atoms with Crippen molar-refractivity contribution >= 4 is 28.5 Å². The first-order chi connectivity index (χ1) is 17.1. The van der Waals surface area contributed by atoms with Gasteiger partial charge in [-0.2, -0.15) is 0 Å². The number of hydrogen-bond donors (Lipinski definition) is 1. The van der Waals surface area contributed by atoms with Crippen molar-refractivity contribution in [3.05, 3.63) is 63.7 Å². The predicted molar refractivity (Wildman–Crippen MR) is 150 cm³/mol. The van der Waals surface area contributed by atoms with Crippen molar-refractivity contribution in [1.29, 1.82) is 0 Å². The summed E-state index contributed by atoms with van der Waals surface area (Å²) in [6.45, 7) is 15.0. The van der Waals surface area contributed by atoms with Crippen LogP contribution in [-0.4, -0.2) is 59.4 Å². The van der Waals surface area contributed by atoms with Gasteiger partial charge in [0.2, 0.25) is 0 Å². The Morgan fingerprint density at radius 2 is 1.94 bits per heavy atom. The molecule has 0 spiro atoms. The predicted octanol–water partition coefficient (Wildman–Crippen LogP) is 4.16. The number of anilines is 1. The molecule has 194 valence electrons. The summed E-state index contributed by atoms with van der Waals surface area (Å²) in [4.78, 5) is 24.2. The minimum absolute atomic E-state index is 0.0198. The molecule has 1 atom stereocenters. The minimum atomic E-state index is 0.0198. The zero-order valence-electron chi connectivity index (χ0n) is 22.4. The fourth-order valence-electron chi connectivity index (χ4n) is 5.17. The number of hydrogen-bond acceptors (Lipinski definition) is 7. The standard InChI is InChI=1S/C28H39N5O2S/c1-19-15-24(36-29)9-7-22(19)11-12-33-21(3)30-26-16-23(8-10-25(26)27(33)34)31-13-14-32(17-20(2)35-6)28(4,5)18-31/h7-10,15-16,20H,11-14,17-18,29H2,1-6H3. The third-order valence-corrected chi connectivity index (χ3v) is 8.03. The number of ether oxygens (including phenoxy) is 1. The summed E-state index contributed by atoms with van der Waals surface area (Å²) in [5, 5.41) is 6.35. The van der Waals surface area contributed by atoms with Gasteiger partial charge < -0.3 is 9.64 Å². The summed E-state index contributed by atoms with van der Waals surface area (Å²) >= 11 is 1.25. The molecule has 0 bridgehead atoms. The van der Waals surface area contributed by atoms with Crippen molar-refractivity contribution in [3.8, 4) is 0 Å². The van der Waals surface area contributed by atoms with Crippen LogP contribution in [0.4, 0.5) is 5.69 Å². The summed E-state index contributed by atoms with van der Waals surface area (Å²) < 4.78 is 7.29. The van der Waals surface area contributed by atoms with Gasteiger partial charge in [-0.15, -0.1) is 0 Å². The molecule has 2 aromatic carbocycles. The number of aromatic nitrogens is 2. The van der Waals surface area contributed by atoms with Crippen molar-refractivity contribution in [2.24, 2.45) is 5.14 Å². The first-order valence-corrected chi connectivity index (χ1v) is 13.5. The highest BCUT2D eigenvalue weighted by Gasteiger charge is 2.34. The van der Waals surface area contributed by atoms with Crippen molar-refractivity contribution in [3.63, 3.8) is 0 Å². The Hall–Kier alpha value is -2.39. The molecular weight excluding hydrogens is 470 g/mol. The van der Waals surface area contributed by atoms with Gasteiger partial charge in [-0.05, 0) is 94.4 Å². The van der Waals surface area contributed by atoms with E-state index >= 15 is 0 Å². The summed E-state index contributed by atoms with van der Waals surface area (Å²) in [6, 6.07) is 12.3. The topological polar surface area (TPSA) is 76.6 Å². The van der Waals surface area contributed by atoms with Crippen LogP contribution in [0.5, 0.6) is 0 Å². The van der Waals surface area contributed by atoms with Gasteiger partial charge in [-0.1, -0.05) is 6.07 Å². The number of nitrogens with zero attached hydrogens (tertiary/aromatic N) is 4. The molecule has 4 rings (SSSR count). The van der Waals surface area contributed by atoms with E-state index in [1.165, 1.54) is 23.1 Å². The normalized spacial score (nSPS) is 17.0. The Bertz CT molecular complexity index is 1290. The molecular formula is C28H39N5O2S. The Balaban J connectivity index is 1.54. The van der Waals surface area contributed by atoms with Gasteiger partial charge in [0.25, 0.3) is 5.56 Å². The summed E-state index contributed by atoms with van der Waals surface area (Å²) in [5.74, 6) is 0.745. The molecule has 1 aliphatic heterocycles. The Morgan fingerprint density at radius 3 is 2.61 bits per heavy atom. The molecule has 1 saturated heterocycles. The monoisotopic (exact) mass is 509 g/mol. The van der Waals surface area contributed by atoms with Crippen LogP contribution >= 0.6 is 11.9 Å². The maximum atomic E-state index is 13.4. The molecule has 1 fully saturated rings. The third kappa shape index (κ3) is 5.62. The number of aryl methyl sites for hydroxylation is 3. The third-order valence-electron chi connectivity index (χ3n) is 7.50. The smallest absolute Gasteiger partial charge is 0.261 e. The number of rotatable bonds is 8. The number of piperazine rings is 1. The molecule has 2 heterocycles. The number of methoxy groups -OCH3 is 1. The summed E-state index contributed by atoms with van der Waals surface area (Å²) in [5.41, 5.74) is 4.33. The number of benzene rings is 2. The second-order valence-corrected chi connectivity index (χ2v) is 11.2. The van der Waals surface area contributed by atoms with Crippen molar-refractivity contribution < 1.29 is 4.74 Å². The maximum absolute atomic E-state index is 13.4. The average Bonchev–Trinajstić information content (AvgIpc) is 2.85. The second-order valence-electron chi connectivity index (χ2n) is 10.5. The van der Waals surface area contributed by atoms with Gasteiger partial charge in [0.05, 0.1) is 17.0 Å². The summed E-state index contributed by atoms with van der Waals surface area (Å²) in [6.07, 6.45) is 0.980. The van der Waals surface area contributed by atoms with E-state index in [0.29, 0.717) is 11.9 Å². The highest BCUT2D eigenvalue weighted by atomic mass is 32.2. The van der Waals surface area contributed by atoms with Crippen LogP contribution in [0.15, 0.2) is 46.1 Å². The van der Waals surface area contributed by atoms with Crippen LogP contribution in [-0.2, 0) is 17.7 Å². The van der Waals surface area contributed by atoms with Crippen molar-refractivity contribution in [2.75, 3.05) is 38.2 Å². The first-order valence-electron chi connectivity index (χ1n) is 12.6. The van der Waals surface area contributed by atoms with Gasteiger partial charge in [-0.3, -0.25) is 19.4 Å². The zero-order valence-corrected chi connectivity index (χ0v) is 23.2. The van der Waals surface area contributed by atoms with Gasteiger partial charge >= 0.3 is 0 Å². The van der Waals surface area contributed by atoms with Gasteiger partial charge in [0.1, 0.15) is 5.82 Å². The molecule has 0 saturated carbocycles. The SMILES string of the molecule is COC(C)CN1CCN(c2ccc3c(=O)n(CCc4ccc(SN)cc4C)c(C)nc3c2)CC1(C)C. The quantitative estimate of drug-likeness (QED) is 0.457. The van der Waals surface area contributed by atoms with Crippen LogP contribution in [0, 0.1) is 13.8 Å². The van der Waals surface area contributed by atoms with Crippen LogP contribution in [0.2, 0.25) is 0 Å². The Labute approximate surface area is 218 Å². The molecule has 2 N–H and O–H groups in total. The lowest BCUT2D eigenvalue weighted by molar-refractivity contribution is 0.0270. The molecule has 1 unspecified atom stereocenters. The second kappa shape index (κ2) is 10.9. The lowest BCUT2D eigenvalue weighted by Crippen LogP contribution is -2.60. The van der Waals surface area contributed by atoms with E-state index in [1.807, 2.05) is 19.1 Å². The Morgan fingerprint density at radius 1 is 1.17 bits per heavy atom. The molecule has 7 nitrogen and oxygen atoms in total. The van der Waals surface area contributed by atoms with Crippen molar-refractivity contribution in [1.82, 2.24) is 14.5 Å². The largest absolute Gasteiger partial charge is 0.380 e. The fourth-order valence-corrected chi connectivity index (χ4v) is 5.56. The lowest BCUT2D eigenvalue weighted by Gasteiger charge is -2.48. The van der Waals surface area contributed by atoms with Crippen LogP contribution in [0.25, 0.3) is 10.9 Å². The van der Waals surface area contributed by atoms with E-state index < -0.39 is 0 Å².